The summed E-state index contributed by atoms with van der Waals surface area (Å²) in [6.07, 6.45) is 0. The van der Waals surface area contributed by atoms with Gasteiger partial charge in [-0.25, -0.2) is 0 Å². The fourth-order valence-corrected chi connectivity index (χ4v) is 20.7. The summed E-state index contributed by atoms with van der Waals surface area (Å²) in [7, 11) is 0. The number of hydrogen-bond acceptors (Lipinski definition) is 3. The second-order valence-electron chi connectivity index (χ2n) is 31.8. The lowest BCUT2D eigenvalue weighted by Gasteiger charge is -2.32. The van der Waals surface area contributed by atoms with Crippen molar-refractivity contribution >= 4 is 131 Å². The van der Waals surface area contributed by atoms with Crippen LogP contribution in [0, 0.1) is 0 Å². The number of fused-ring (bicyclic) bond motifs is 14. The first kappa shape index (κ1) is 68.7. The van der Waals surface area contributed by atoms with Crippen LogP contribution in [0.5, 0.6) is 0 Å². The Labute approximate surface area is 689 Å². The molecule has 0 amide bonds. The smallest absolute Gasteiger partial charge is 0.0554 e. The number of nitrogens with zero attached hydrogens (tertiary/aromatic N) is 4. The molecule has 1 aliphatic rings. The number of benzene rings is 19. The van der Waals surface area contributed by atoms with Crippen LogP contribution in [0.2, 0.25) is 0 Å². The van der Waals surface area contributed by atoms with Crippen LogP contribution in [0.15, 0.2) is 425 Å². The Balaban J connectivity index is 0.638. The van der Waals surface area contributed by atoms with Crippen molar-refractivity contribution in [3.63, 3.8) is 0 Å². The van der Waals surface area contributed by atoms with Gasteiger partial charge in [0.25, 0.3) is 0 Å². The zero-order chi connectivity index (χ0) is 78.1. The molecule has 4 nitrogen and oxygen atoms in total. The van der Waals surface area contributed by atoms with Gasteiger partial charge >= 0.3 is 0 Å². The van der Waals surface area contributed by atoms with Crippen LogP contribution in [0.4, 0.5) is 34.1 Å². The van der Waals surface area contributed by atoms with Crippen molar-refractivity contribution in [2.75, 3.05) is 9.80 Å². The van der Waals surface area contributed by atoms with Gasteiger partial charge in [-0.1, -0.05) is 317 Å². The van der Waals surface area contributed by atoms with Crippen molar-refractivity contribution in [1.29, 1.82) is 0 Å². The molecule has 554 valence electrons. The lowest BCUT2D eigenvalue weighted by molar-refractivity contribution is 0.661. The van der Waals surface area contributed by atoms with Gasteiger partial charge in [-0.15, -0.1) is 11.3 Å². The average molecular weight is 1520 g/mol. The minimum Gasteiger partial charge on any atom is -0.310 e. The Bertz CT molecular complexity index is 7650. The minimum atomic E-state index is -0.399. The normalized spacial score (nSPS) is 12.4. The van der Waals surface area contributed by atoms with Gasteiger partial charge < -0.3 is 18.9 Å². The summed E-state index contributed by atoms with van der Waals surface area (Å²) in [6.45, 7) is 4.86. The van der Waals surface area contributed by atoms with Crippen molar-refractivity contribution in [1.82, 2.24) is 9.13 Å². The van der Waals surface area contributed by atoms with E-state index in [1.54, 1.807) is 0 Å². The lowest BCUT2D eigenvalue weighted by atomic mass is 9.80. The molecule has 23 rings (SSSR count). The minimum absolute atomic E-state index is 0.399. The van der Waals surface area contributed by atoms with E-state index in [9.17, 15) is 0 Å². The Hall–Kier alpha value is -14.9. The van der Waals surface area contributed by atoms with Crippen molar-refractivity contribution in [2.24, 2.45) is 0 Å². The predicted octanol–water partition coefficient (Wildman–Crippen LogP) is 31.8. The maximum atomic E-state index is 2.52. The fourth-order valence-electron chi connectivity index (χ4n) is 19.6. The number of hydrogen-bond donors (Lipinski definition) is 0. The first-order valence-corrected chi connectivity index (χ1v) is 41.6. The van der Waals surface area contributed by atoms with Crippen LogP contribution in [-0.4, -0.2) is 9.13 Å². The molecule has 0 saturated heterocycles. The highest BCUT2D eigenvalue weighted by Gasteiger charge is 2.40. The van der Waals surface area contributed by atoms with Gasteiger partial charge in [-0.05, 0) is 232 Å². The van der Waals surface area contributed by atoms with E-state index in [4.69, 9.17) is 0 Å². The van der Waals surface area contributed by atoms with E-state index in [1.807, 2.05) is 11.3 Å². The predicted molar refractivity (Wildman–Crippen MR) is 503 cm³/mol. The summed E-state index contributed by atoms with van der Waals surface area (Å²) in [4.78, 5) is 4.98. The molecule has 0 N–H and O–H groups in total. The van der Waals surface area contributed by atoms with Gasteiger partial charge in [0.1, 0.15) is 0 Å². The molecule has 3 heterocycles. The van der Waals surface area contributed by atoms with E-state index in [0.717, 1.165) is 67.8 Å². The molecular weight excluding hydrogens is 1450 g/mol. The van der Waals surface area contributed by atoms with Crippen LogP contribution < -0.4 is 9.80 Å². The highest BCUT2D eigenvalue weighted by molar-refractivity contribution is 7.26. The molecule has 0 atom stereocenters. The third-order valence-electron chi connectivity index (χ3n) is 24.9. The van der Waals surface area contributed by atoms with E-state index in [1.165, 1.54) is 152 Å². The van der Waals surface area contributed by atoms with E-state index < -0.39 is 5.41 Å². The van der Waals surface area contributed by atoms with Crippen molar-refractivity contribution in [3.05, 3.63) is 436 Å². The summed E-state index contributed by atoms with van der Waals surface area (Å²) >= 11 is 1.86. The van der Waals surface area contributed by atoms with Crippen LogP contribution >= 0.6 is 11.3 Å². The maximum Gasteiger partial charge on any atom is 0.0554 e. The highest BCUT2D eigenvalue weighted by Crippen LogP contribution is 2.57. The summed E-state index contributed by atoms with van der Waals surface area (Å²) in [5.74, 6) is 0. The molecule has 1 aliphatic carbocycles. The van der Waals surface area contributed by atoms with Gasteiger partial charge in [-0.3, -0.25) is 0 Å². The summed E-state index contributed by atoms with van der Waals surface area (Å²) in [6, 6.07) is 158. The average Bonchev–Trinajstić information content (AvgIpc) is 1.55. The molecule has 0 bridgehead atoms. The Morgan fingerprint density at radius 2 is 0.636 bits per heavy atom. The van der Waals surface area contributed by atoms with Crippen LogP contribution in [-0.2, 0) is 5.41 Å². The highest BCUT2D eigenvalue weighted by atomic mass is 32.1. The molecule has 0 fully saturated rings. The largest absolute Gasteiger partial charge is 0.310 e. The van der Waals surface area contributed by atoms with Gasteiger partial charge in [0.15, 0.2) is 0 Å². The summed E-state index contributed by atoms with van der Waals surface area (Å²) < 4.78 is 7.37. The van der Waals surface area contributed by atoms with E-state index in [0.29, 0.717) is 0 Å². The molecule has 0 unspecified atom stereocenters. The molecule has 0 spiro atoms. The molecule has 3 aromatic heterocycles. The Morgan fingerprint density at radius 1 is 0.229 bits per heavy atom. The molecule has 118 heavy (non-hydrogen) atoms. The van der Waals surface area contributed by atoms with Crippen LogP contribution in [0.25, 0.3) is 175 Å². The number of thiophene rings is 1. The fraction of sp³-hybridized carbons (Fsp3) is 0.0265. The first-order valence-electron chi connectivity index (χ1n) is 40.8. The summed E-state index contributed by atoms with van der Waals surface area (Å²) in [5.41, 5.74) is 32.4. The number of rotatable bonds is 14. The molecule has 0 radical (unpaired) electrons. The van der Waals surface area contributed by atoms with Gasteiger partial charge in [0.2, 0.25) is 0 Å². The first-order chi connectivity index (χ1) is 58.3. The van der Waals surface area contributed by atoms with Crippen LogP contribution in [0.1, 0.15) is 25.0 Å². The monoisotopic (exact) mass is 1520 g/mol. The Kier molecular flexibility index (Phi) is 16.1. The van der Waals surface area contributed by atoms with Gasteiger partial charge in [0, 0.05) is 81.3 Å². The van der Waals surface area contributed by atoms with E-state index >= 15 is 0 Å². The molecule has 5 heteroatoms. The van der Waals surface area contributed by atoms with Gasteiger partial charge in [-0.2, -0.15) is 0 Å². The van der Waals surface area contributed by atoms with Crippen molar-refractivity contribution < 1.29 is 0 Å². The second kappa shape index (κ2) is 27.7. The van der Waals surface area contributed by atoms with Crippen LogP contribution in [0.3, 0.4) is 0 Å². The lowest BCUT2D eigenvalue weighted by Crippen LogP contribution is -2.20. The van der Waals surface area contributed by atoms with Crippen molar-refractivity contribution in [3.8, 4) is 89.3 Å². The molecule has 22 aromatic rings. The van der Waals surface area contributed by atoms with E-state index in [2.05, 4.69) is 457 Å². The quantitative estimate of drug-likeness (QED) is 0.108. The zero-order valence-corrected chi connectivity index (χ0v) is 65.9. The summed E-state index contributed by atoms with van der Waals surface area (Å²) in [5, 5.41) is 12.4. The third kappa shape index (κ3) is 11.1. The maximum absolute atomic E-state index is 2.52. The topological polar surface area (TPSA) is 16.3 Å². The molecule has 0 saturated carbocycles. The second-order valence-corrected chi connectivity index (χ2v) is 32.9. The molecule has 0 aliphatic heterocycles. The standard InChI is InChI=1S/C113H76N4S/c1-113(2)100-69-60-80(71-99(100)97-45-24-51-106(112(97)113)115(85-34-22-35-86(72-85)117-103-48-16-11-38-94(103)95-39-12-17-49-104(95)117)83-65-56-76(57-66-83)89-42-21-31-78-30-20-41-88(109(78)89)74-26-5-3-6-27-74)87-67-68-91(110-90(43-23-44-96(87)110)75-28-7-4-8-29-75)77-58-63-82(64-59-77)114(105-50-25-53-108-111(105)98-40-13-18-52-107(98)118-108)81-61-54-73(55-62-81)79-32-19-33-84(70-79)116-101-46-14-9-36-92(101)93-37-10-15-47-102(93)116/h3-72H,1-2H3. The number of anilines is 6. The van der Waals surface area contributed by atoms with E-state index in [-0.39, 0.29) is 0 Å². The molecule has 19 aromatic carbocycles. The van der Waals surface area contributed by atoms with Crippen molar-refractivity contribution in [2.45, 2.75) is 19.3 Å². The third-order valence-corrected chi connectivity index (χ3v) is 26.0. The number of para-hydroxylation sites is 4. The molecular formula is C113H76N4S. The SMILES string of the molecule is CC1(C)c2ccc(-c3ccc(-c4ccc(N(c5ccc(-c6cccc(-n7c8ccccc8c8ccccc87)c6)cc5)c5cccc6sc7ccccc7c56)cc4)c4c(-c5ccccc5)cccc34)cc2-c2cccc(N(c3ccc(-c4cccc5cccc(-c6ccccc6)c45)cc3)c3cccc(-n4c5ccccc5c5ccccc54)c3)c21. The Morgan fingerprint density at radius 3 is 1.23 bits per heavy atom. The van der Waals surface area contributed by atoms with Gasteiger partial charge in [0.05, 0.1) is 33.4 Å². The zero-order valence-electron chi connectivity index (χ0n) is 65.1. The number of aromatic nitrogens is 2.